The predicted molar refractivity (Wildman–Crippen MR) is 92.1 cm³/mol. The van der Waals surface area contributed by atoms with Crippen LogP contribution in [0.15, 0.2) is 42.5 Å². The molecular formula is C18H22N2O3. The molecule has 0 aliphatic carbocycles. The van der Waals surface area contributed by atoms with Gasteiger partial charge in [0, 0.05) is 28.5 Å². The number of aliphatic hydroxyl groups excluding tert-OH is 1. The van der Waals surface area contributed by atoms with Crippen molar-refractivity contribution in [3.05, 3.63) is 53.6 Å². The minimum absolute atomic E-state index is 0.0740. The lowest BCUT2D eigenvalue weighted by Crippen LogP contribution is -2.15. The van der Waals surface area contributed by atoms with Gasteiger partial charge in [-0.05, 0) is 50.2 Å². The molecule has 0 heterocycles. The standard InChI is InChI=1S/C18H22N2O3/c1-12(2)19-17-10-13(4-5-14(17)11-21)18(22)20-15-6-8-16(23-3)9-7-15/h4-10,12,19,21H,11H2,1-3H3,(H,20,22). The molecule has 0 bridgehead atoms. The van der Waals surface area contributed by atoms with Crippen molar-refractivity contribution in [2.45, 2.75) is 26.5 Å². The molecule has 0 aromatic heterocycles. The van der Waals surface area contributed by atoms with Gasteiger partial charge in [-0.1, -0.05) is 6.07 Å². The highest BCUT2D eigenvalue weighted by Gasteiger charge is 2.10. The summed E-state index contributed by atoms with van der Waals surface area (Å²) in [5.74, 6) is 0.533. The fourth-order valence-electron chi connectivity index (χ4n) is 2.18. The van der Waals surface area contributed by atoms with Gasteiger partial charge in [-0.3, -0.25) is 4.79 Å². The molecule has 5 nitrogen and oxygen atoms in total. The third-order valence-corrected chi connectivity index (χ3v) is 3.33. The molecule has 0 unspecified atom stereocenters. The maximum atomic E-state index is 12.4. The Balaban J connectivity index is 2.17. The average Bonchev–Trinajstić information content (AvgIpc) is 2.55. The minimum atomic E-state index is -0.202. The van der Waals surface area contributed by atoms with Crippen LogP contribution in [-0.4, -0.2) is 24.2 Å². The number of benzene rings is 2. The molecule has 0 saturated heterocycles. The molecule has 5 heteroatoms. The van der Waals surface area contributed by atoms with Gasteiger partial charge < -0.3 is 20.5 Å². The van der Waals surface area contributed by atoms with E-state index < -0.39 is 0 Å². The largest absolute Gasteiger partial charge is 0.497 e. The van der Waals surface area contributed by atoms with Crippen LogP contribution in [0, 0.1) is 0 Å². The first kappa shape index (κ1) is 16.8. The van der Waals surface area contributed by atoms with Crippen molar-refractivity contribution in [3.8, 4) is 5.75 Å². The van der Waals surface area contributed by atoms with Crippen molar-refractivity contribution in [1.82, 2.24) is 0 Å². The van der Waals surface area contributed by atoms with Crippen molar-refractivity contribution in [2.24, 2.45) is 0 Å². The summed E-state index contributed by atoms with van der Waals surface area (Å²) in [7, 11) is 1.60. The molecular weight excluding hydrogens is 292 g/mol. The SMILES string of the molecule is COc1ccc(NC(=O)c2ccc(CO)c(NC(C)C)c2)cc1. The number of amides is 1. The molecule has 3 N–H and O–H groups in total. The van der Waals surface area contributed by atoms with E-state index in [0.717, 1.165) is 17.0 Å². The zero-order valence-electron chi connectivity index (χ0n) is 13.6. The normalized spacial score (nSPS) is 10.5. The van der Waals surface area contributed by atoms with Gasteiger partial charge >= 0.3 is 0 Å². The number of ether oxygens (including phenoxy) is 1. The van der Waals surface area contributed by atoms with Crippen LogP contribution in [0.4, 0.5) is 11.4 Å². The van der Waals surface area contributed by atoms with E-state index in [2.05, 4.69) is 10.6 Å². The predicted octanol–water partition coefficient (Wildman–Crippen LogP) is 3.26. The molecule has 122 valence electrons. The van der Waals surface area contributed by atoms with E-state index in [0.29, 0.717) is 11.3 Å². The number of methoxy groups -OCH3 is 1. The lowest BCUT2D eigenvalue weighted by atomic mass is 10.1. The summed E-state index contributed by atoms with van der Waals surface area (Å²) in [4.78, 5) is 12.4. The van der Waals surface area contributed by atoms with Crippen molar-refractivity contribution in [3.63, 3.8) is 0 Å². The smallest absolute Gasteiger partial charge is 0.255 e. The quantitative estimate of drug-likeness (QED) is 0.765. The number of hydrogen-bond acceptors (Lipinski definition) is 4. The zero-order valence-corrected chi connectivity index (χ0v) is 13.6. The molecule has 1 amide bonds. The highest BCUT2D eigenvalue weighted by atomic mass is 16.5. The van der Waals surface area contributed by atoms with Crippen LogP contribution < -0.4 is 15.4 Å². The number of nitrogens with one attached hydrogen (secondary N) is 2. The van der Waals surface area contributed by atoms with Crippen molar-refractivity contribution < 1.29 is 14.6 Å². The van der Waals surface area contributed by atoms with Crippen LogP contribution in [0.1, 0.15) is 29.8 Å². The van der Waals surface area contributed by atoms with Crippen LogP contribution in [0.25, 0.3) is 0 Å². The Labute approximate surface area is 136 Å². The Kier molecular flexibility index (Phi) is 5.60. The summed E-state index contributed by atoms with van der Waals surface area (Å²) >= 11 is 0. The summed E-state index contributed by atoms with van der Waals surface area (Å²) in [6.45, 7) is 3.94. The first-order chi connectivity index (χ1) is 11.0. The second-order valence-corrected chi connectivity index (χ2v) is 5.51. The summed E-state index contributed by atoms with van der Waals surface area (Å²) in [6, 6.07) is 12.6. The van der Waals surface area contributed by atoms with Gasteiger partial charge in [0.05, 0.1) is 13.7 Å². The third kappa shape index (κ3) is 4.47. The first-order valence-electron chi connectivity index (χ1n) is 7.49. The molecule has 0 saturated carbocycles. The number of anilines is 2. The molecule has 0 atom stereocenters. The van der Waals surface area contributed by atoms with Crippen LogP contribution >= 0.6 is 0 Å². The Morgan fingerprint density at radius 3 is 2.43 bits per heavy atom. The zero-order chi connectivity index (χ0) is 16.8. The molecule has 2 aromatic rings. The fourth-order valence-corrected chi connectivity index (χ4v) is 2.18. The lowest BCUT2D eigenvalue weighted by molar-refractivity contribution is 0.102. The van der Waals surface area contributed by atoms with Gasteiger partial charge in [0.25, 0.3) is 5.91 Å². The van der Waals surface area contributed by atoms with Gasteiger partial charge in [-0.15, -0.1) is 0 Å². The van der Waals surface area contributed by atoms with Crippen molar-refractivity contribution in [1.29, 1.82) is 0 Å². The number of rotatable bonds is 6. The summed E-state index contributed by atoms with van der Waals surface area (Å²) in [5, 5.41) is 15.5. The fraction of sp³-hybridized carbons (Fsp3) is 0.278. The molecule has 0 aliphatic heterocycles. The Hall–Kier alpha value is -2.53. The van der Waals surface area contributed by atoms with E-state index >= 15 is 0 Å². The van der Waals surface area contributed by atoms with E-state index in [9.17, 15) is 9.90 Å². The summed E-state index contributed by atoms with van der Waals surface area (Å²) in [5.41, 5.74) is 2.76. The van der Waals surface area contributed by atoms with Crippen LogP contribution in [0.5, 0.6) is 5.75 Å². The van der Waals surface area contributed by atoms with Crippen LogP contribution in [0.2, 0.25) is 0 Å². The number of carbonyl (C=O) groups is 1. The van der Waals surface area contributed by atoms with Crippen molar-refractivity contribution in [2.75, 3.05) is 17.7 Å². The van der Waals surface area contributed by atoms with E-state index in [-0.39, 0.29) is 18.6 Å². The first-order valence-corrected chi connectivity index (χ1v) is 7.49. The van der Waals surface area contributed by atoms with Crippen molar-refractivity contribution >= 4 is 17.3 Å². The Bertz CT molecular complexity index is 666. The number of aliphatic hydroxyl groups is 1. The minimum Gasteiger partial charge on any atom is -0.497 e. The lowest BCUT2D eigenvalue weighted by Gasteiger charge is -2.15. The van der Waals surface area contributed by atoms with E-state index in [1.807, 2.05) is 13.8 Å². The van der Waals surface area contributed by atoms with E-state index in [1.54, 1.807) is 49.6 Å². The molecule has 23 heavy (non-hydrogen) atoms. The van der Waals surface area contributed by atoms with Gasteiger partial charge in [0.1, 0.15) is 5.75 Å². The topological polar surface area (TPSA) is 70.6 Å². The molecule has 0 spiro atoms. The van der Waals surface area contributed by atoms with Gasteiger partial charge in [0.15, 0.2) is 0 Å². The second-order valence-electron chi connectivity index (χ2n) is 5.51. The molecule has 0 radical (unpaired) electrons. The molecule has 0 aliphatic rings. The highest BCUT2D eigenvalue weighted by molar-refractivity contribution is 6.05. The van der Waals surface area contributed by atoms with Gasteiger partial charge in [0.2, 0.25) is 0 Å². The molecule has 2 aromatic carbocycles. The summed E-state index contributed by atoms with van der Waals surface area (Å²) in [6.07, 6.45) is 0. The van der Waals surface area contributed by atoms with Crippen LogP contribution in [-0.2, 0) is 6.61 Å². The highest BCUT2D eigenvalue weighted by Crippen LogP contribution is 2.21. The average molecular weight is 314 g/mol. The summed E-state index contributed by atoms with van der Waals surface area (Å²) < 4.78 is 5.09. The monoisotopic (exact) mass is 314 g/mol. The number of carbonyl (C=O) groups excluding carboxylic acids is 1. The maximum absolute atomic E-state index is 12.4. The van der Waals surface area contributed by atoms with Crippen LogP contribution in [0.3, 0.4) is 0 Å². The number of hydrogen-bond donors (Lipinski definition) is 3. The Morgan fingerprint density at radius 1 is 1.17 bits per heavy atom. The third-order valence-electron chi connectivity index (χ3n) is 3.33. The van der Waals surface area contributed by atoms with Gasteiger partial charge in [-0.25, -0.2) is 0 Å². The maximum Gasteiger partial charge on any atom is 0.255 e. The second kappa shape index (κ2) is 7.65. The Morgan fingerprint density at radius 2 is 1.87 bits per heavy atom. The van der Waals surface area contributed by atoms with E-state index in [1.165, 1.54) is 0 Å². The molecule has 2 rings (SSSR count). The van der Waals surface area contributed by atoms with E-state index in [4.69, 9.17) is 4.74 Å². The van der Waals surface area contributed by atoms with Gasteiger partial charge in [-0.2, -0.15) is 0 Å². The molecule has 0 fully saturated rings.